The maximum absolute atomic E-state index is 13.9. The molecule has 0 unspecified atom stereocenters. The Morgan fingerprint density at radius 2 is 1.94 bits per heavy atom. The van der Waals surface area contributed by atoms with Gasteiger partial charge in [0, 0.05) is 24.3 Å². The molecule has 1 aromatic carbocycles. The number of piperidine rings is 1. The molecule has 2 fully saturated rings. The van der Waals surface area contributed by atoms with Gasteiger partial charge in [0.2, 0.25) is 0 Å². The number of H-pyrrole nitrogens is 1. The minimum Gasteiger partial charge on any atom is -0.337 e. The molecule has 0 bridgehead atoms. The number of hydrogen-bond donors (Lipinski definition) is 2. The fraction of sp³-hybridized carbons (Fsp3) is 0.583. The van der Waals surface area contributed by atoms with Crippen molar-refractivity contribution in [1.29, 1.82) is 0 Å². The summed E-state index contributed by atoms with van der Waals surface area (Å²) >= 11 is 0. The van der Waals surface area contributed by atoms with Crippen molar-refractivity contribution in [3.8, 4) is 0 Å². The molecule has 33 heavy (non-hydrogen) atoms. The van der Waals surface area contributed by atoms with E-state index in [9.17, 15) is 22.4 Å². The van der Waals surface area contributed by atoms with Gasteiger partial charge in [0.05, 0.1) is 5.56 Å². The number of nitrogens with zero attached hydrogens (tertiary/aromatic N) is 2. The fourth-order valence-electron chi connectivity index (χ4n) is 4.63. The molecular formula is C24H30F4N4O. The first kappa shape index (κ1) is 23.7. The summed E-state index contributed by atoms with van der Waals surface area (Å²) in [6.45, 7) is 4.49. The van der Waals surface area contributed by atoms with Gasteiger partial charge in [-0.05, 0) is 82.0 Å². The van der Waals surface area contributed by atoms with E-state index in [0.717, 1.165) is 49.2 Å². The number of rotatable bonds is 8. The number of alkyl halides is 3. The van der Waals surface area contributed by atoms with Gasteiger partial charge in [0.15, 0.2) is 5.69 Å². The summed E-state index contributed by atoms with van der Waals surface area (Å²) in [5.74, 6) is -1.06. The minimum absolute atomic E-state index is 0.0249. The molecule has 1 saturated carbocycles. The molecule has 1 aliphatic heterocycles. The number of hydrogen-bond acceptors (Lipinski definition) is 3. The van der Waals surface area contributed by atoms with Gasteiger partial charge in [0.25, 0.3) is 5.91 Å². The van der Waals surface area contributed by atoms with Crippen molar-refractivity contribution in [3.63, 3.8) is 0 Å². The van der Waals surface area contributed by atoms with Crippen LogP contribution in [0, 0.1) is 18.7 Å². The Bertz CT molecular complexity index is 975. The number of carbonyl (C=O) groups excluding carboxylic acids is 1. The Morgan fingerprint density at radius 3 is 2.61 bits per heavy atom. The van der Waals surface area contributed by atoms with Gasteiger partial charge in [-0.2, -0.15) is 18.3 Å². The van der Waals surface area contributed by atoms with Crippen molar-refractivity contribution < 1.29 is 22.4 Å². The first-order valence-electron chi connectivity index (χ1n) is 11.6. The second kappa shape index (κ2) is 9.83. The van der Waals surface area contributed by atoms with Crippen LogP contribution >= 0.6 is 0 Å². The number of likely N-dealkylation sites (tertiary alicyclic amines) is 1. The summed E-state index contributed by atoms with van der Waals surface area (Å²) < 4.78 is 54.1. The lowest BCUT2D eigenvalue weighted by atomic mass is 9.86. The summed E-state index contributed by atoms with van der Waals surface area (Å²) in [4.78, 5) is 14.6. The third kappa shape index (κ3) is 5.57. The molecule has 1 aliphatic carbocycles. The molecule has 1 aromatic heterocycles. The minimum atomic E-state index is -4.75. The second-order valence-corrected chi connectivity index (χ2v) is 9.20. The summed E-state index contributed by atoms with van der Waals surface area (Å²) in [5.41, 5.74) is 0.929. The monoisotopic (exact) mass is 466 g/mol. The van der Waals surface area contributed by atoms with Crippen LogP contribution in [0.25, 0.3) is 0 Å². The van der Waals surface area contributed by atoms with Crippen molar-refractivity contribution in [2.75, 3.05) is 26.2 Å². The highest BCUT2D eigenvalue weighted by Crippen LogP contribution is 2.40. The number of aromatic nitrogens is 2. The summed E-state index contributed by atoms with van der Waals surface area (Å²) in [6, 6.07) is 3.50. The number of aryl methyl sites for hydroxylation is 1. The highest BCUT2D eigenvalue weighted by Gasteiger charge is 2.39. The lowest BCUT2D eigenvalue weighted by molar-refractivity contribution is -0.140. The molecule has 5 nitrogen and oxygen atoms in total. The Labute approximate surface area is 190 Å². The maximum atomic E-state index is 13.9. The van der Waals surface area contributed by atoms with Crippen molar-refractivity contribution in [3.05, 3.63) is 52.1 Å². The molecule has 4 rings (SSSR count). The number of benzene rings is 1. The van der Waals surface area contributed by atoms with Crippen molar-refractivity contribution in [2.45, 2.75) is 57.5 Å². The maximum Gasteiger partial charge on any atom is 0.419 e. The first-order valence-corrected chi connectivity index (χ1v) is 11.6. The molecule has 1 amide bonds. The second-order valence-electron chi connectivity index (χ2n) is 9.20. The normalized spacial score (nSPS) is 17.5. The van der Waals surface area contributed by atoms with Crippen LogP contribution in [0.3, 0.4) is 0 Å². The molecule has 0 spiro atoms. The number of halogens is 4. The van der Waals surface area contributed by atoms with Crippen LogP contribution in [0.1, 0.15) is 70.9 Å². The molecule has 0 atom stereocenters. The SMILES string of the molecule is Cc1c(C(=O)N2CCC(c3cccc(F)c3C(F)(F)F)CC2)n[nH]c1CCCNCC1CC1. The van der Waals surface area contributed by atoms with Gasteiger partial charge >= 0.3 is 6.18 Å². The van der Waals surface area contributed by atoms with Gasteiger partial charge < -0.3 is 10.2 Å². The average molecular weight is 467 g/mol. The largest absolute Gasteiger partial charge is 0.419 e. The zero-order valence-electron chi connectivity index (χ0n) is 18.8. The lowest BCUT2D eigenvalue weighted by Gasteiger charge is -2.33. The zero-order chi connectivity index (χ0) is 23.6. The predicted molar refractivity (Wildman–Crippen MR) is 117 cm³/mol. The van der Waals surface area contributed by atoms with E-state index in [0.29, 0.717) is 31.6 Å². The molecule has 2 aliphatic rings. The highest BCUT2D eigenvalue weighted by molar-refractivity contribution is 5.94. The van der Waals surface area contributed by atoms with Crippen LogP contribution in [-0.2, 0) is 12.6 Å². The average Bonchev–Trinajstić information content (AvgIpc) is 3.54. The van der Waals surface area contributed by atoms with E-state index in [1.165, 1.54) is 25.0 Å². The third-order valence-electron chi connectivity index (χ3n) is 6.77. The smallest absolute Gasteiger partial charge is 0.337 e. The molecule has 0 radical (unpaired) electrons. The van der Waals surface area contributed by atoms with Gasteiger partial charge in [-0.15, -0.1) is 0 Å². The Hall–Kier alpha value is -2.42. The van der Waals surface area contributed by atoms with Crippen LogP contribution in [0.5, 0.6) is 0 Å². The van der Waals surface area contributed by atoms with Gasteiger partial charge in [-0.3, -0.25) is 9.89 Å². The molecule has 180 valence electrons. The number of nitrogens with one attached hydrogen (secondary N) is 2. The molecule has 2 heterocycles. The lowest BCUT2D eigenvalue weighted by Crippen LogP contribution is -2.38. The number of amides is 1. The van der Waals surface area contributed by atoms with Crippen LogP contribution in [0.4, 0.5) is 17.6 Å². The molecule has 1 saturated heterocycles. The zero-order valence-corrected chi connectivity index (χ0v) is 18.8. The summed E-state index contributed by atoms with van der Waals surface area (Å²) in [5, 5.41) is 10.7. The van der Waals surface area contributed by atoms with Gasteiger partial charge in [-0.1, -0.05) is 12.1 Å². The summed E-state index contributed by atoms with van der Waals surface area (Å²) in [6.07, 6.45) is 0.337. The van der Waals surface area contributed by atoms with Crippen LogP contribution in [0.15, 0.2) is 18.2 Å². The standard InChI is InChI=1S/C24H30F4N4O/c1-15-20(6-3-11-29-14-16-7-8-16)30-31-22(15)23(33)32-12-9-17(10-13-32)18-4-2-5-19(25)21(18)24(26,27)28/h2,4-5,16-17,29H,3,6-14H2,1H3,(H,30,31). The quantitative estimate of drug-likeness (QED) is 0.433. The van der Waals surface area contributed by atoms with Gasteiger partial charge in [0.1, 0.15) is 5.82 Å². The molecule has 2 N–H and O–H groups in total. The third-order valence-corrected chi connectivity index (χ3v) is 6.77. The van der Waals surface area contributed by atoms with E-state index in [1.807, 2.05) is 6.92 Å². The number of carbonyl (C=O) groups is 1. The van der Waals surface area contributed by atoms with Crippen molar-refractivity contribution in [2.24, 2.45) is 5.92 Å². The van der Waals surface area contributed by atoms with Crippen LogP contribution in [0.2, 0.25) is 0 Å². The summed E-state index contributed by atoms with van der Waals surface area (Å²) in [7, 11) is 0. The number of aromatic amines is 1. The van der Waals surface area contributed by atoms with E-state index >= 15 is 0 Å². The van der Waals surface area contributed by atoms with Crippen LogP contribution in [-0.4, -0.2) is 47.2 Å². The van der Waals surface area contributed by atoms with E-state index in [2.05, 4.69) is 15.5 Å². The topological polar surface area (TPSA) is 61.0 Å². The van der Waals surface area contributed by atoms with Crippen LogP contribution < -0.4 is 5.32 Å². The highest BCUT2D eigenvalue weighted by atomic mass is 19.4. The molecular weight excluding hydrogens is 436 g/mol. The Balaban J connectivity index is 1.33. The first-order chi connectivity index (χ1) is 15.8. The Morgan fingerprint density at radius 1 is 1.21 bits per heavy atom. The van der Waals surface area contributed by atoms with Crippen molar-refractivity contribution >= 4 is 5.91 Å². The molecule has 9 heteroatoms. The van der Waals surface area contributed by atoms with E-state index in [-0.39, 0.29) is 11.5 Å². The van der Waals surface area contributed by atoms with E-state index < -0.39 is 23.5 Å². The predicted octanol–water partition coefficient (Wildman–Crippen LogP) is 4.83. The van der Waals surface area contributed by atoms with E-state index in [4.69, 9.17) is 0 Å². The fourth-order valence-corrected chi connectivity index (χ4v) is 4.63. The van der Waals surface area contributed by atoms with E-state index in [1.54, 1.807) is 4.90 Å². The molecule has 2 aromatic rings. The van der Waals surface area contributed by atoms with Gasteiger partial charge in [-0.25, -0.2) is 4.39 Å². The van der Waals surface area contributed by atoms with Crippen molar-refractivity contribution in [1.82, 2.24) is 20.4 Å². The Kier molecular flexibility index (Phi) is 7.07.